The van der Waals surface area contributed by atoms with Gasteiger partial charge < -0.3 is 20.1 Å². The molecule has 28 heavy (non-hydrogen) atoms. The number of ether oxygens (including phenoxy) is 2. The molecule has 3 heterocycles. The zero-order chi connectivity index (χ0) is 18.9. The highest BCUT2D eigenvalue weighted by molar-refractivity contribution is 8.00. The molecule has 142 valence electrons. The number of hydrogen-bond donors (Lipinski definition) is 1. The molecule has 1 saturated heterocycles. The molecule has 0 amide bonds. The second kappa shape index (κ2) is 7.47. The van der Waals surface area contributed by atoms with E-state index in [1.807, 2.05) is 48.5 Å². The molecule has 2 N–H and O–H groups in total. The molecule has 2 unspecified atom stereocenters. The lowest BCUT2D eigenvalue weighted by molar-refractivity contribution is 0.109. The first-order valence-corrected chi connectivity index (χ1v) is 10.3. The standard InChI is InChI=1S/C22H21N3O2S/c23-22-25(18-6-1-2-8-20(18)28-22)15-9-11-16(12-10-15)27-21-17(5-3-13-24-21)19-7-4-14-26-19/h1-3,5-6,8-13,19,22H,4,7,14,23H2. The molecule has 0 saturated carbocycles. The number of fused-ring (bicyclic) bond motifs is 1. The summed E-state index contributed by atoms with van der Waals surface area (Å²) < 4.78 is 11.9. The normalized spacial score (nSPS) is 21.0. The van der Waals surface area contributed by atoms with Crippen molar-refractivity contribution < 1.29 is 9.47 Å². The van der Waals surface area contributed by atoms with Gasteiger partial charge in [0.15, 0.2) is 0 Å². The smallest absolute Gasteiger partial charge is 0.225 e. The summed E-state index contributed by atoms with van der Waals surface area (Å²) in [6, 6.07) is 20.2. The number of nitrogens with zero attached hydrogens (tertiary/aromatic N) is 2. The molecule has 0 bridgehead atoms. The number of anilines is 2. The van der Waals surface area contributed by atoms with Crippen molar-refractivity contribution in [3.05, 3.63) is 72.4 Å². The maximum absolute atomic E-state index is 6.35. The molecule has 0 spiro atoms. The Morgan fingerprint density at radius 3 is 2.75 bits per heavy atom. The van der Waals surface area contributed by atoms with Gasteiger partial charge in [-0.15, -0.1) is 0 Å². The fourth-order valence-corrected chi connectivity index (χ4v) is 4.75. The van der Waals surface area contributed by atoms with E-state index in [0.29, 0.717) is 5.88 Å². The van der Waals surface area contributed by atoms with Crippen molar-refractivity contribution in [3.8, 4) is 11.6 Å². The number of para-hydroxylation sites is 1. The van der Waals surface area contributed by atoms with Crippen LogP contribution in [-0.4, -0.2) is 17.1 Å². The summed E-state index contributed by atoms with van der Waals surface area (Å²) in [5.74, 6) is 1.36. The Hall–Kier alpha value is -2.54. The number of nitrogens with two attached hydrogens (primary N) is 1. The lowest BCUT2D eigenvalue weighted by Gasteiger charge is -2.24. The van der Waals surface area contributed by atoms with E-state index in [0.717, 1.165) is 42.1 Å². The summed E-state index contributed by atoms with van der Waals surface area (Å²) in [4.78, 5) is 7.76. The third-order valence-corrected chi connectivity index (χ3v) is 6.09. The van der Waals surface area contributed by atoms with Gasteiger partial charge in [-0.2, -0.15) is 0 Å². The Morgan fingerprint density at radius 2 is 1.93 bits per heavy atom. The minimum atomic E-state index is -0.133. The van der Waals surface area contributed by atoms with Crippen molar-refractivity contribution in [1.82, 2.24) is 4.98 Å². The third kappa shape index (κ3) is 3.24. The highest BCUT2D eigenvalue weighted by Gasteiger charge is 2.28. The molecule has 1 fully saturated rings. The van der Waals surface area contributed by atoms with Crippen LogP contribution in [0.1, 0.15) is 24.5 Å². The highest BCUT2D eigenvalue weighted by atomic mass is 32.2. The van der Waals surface area contributed by atoms with Gasteiger partial charge in [0.1, 0.15) is 11.2 Å². The molecule has 5 nitrogen and oxygen atoms in total. The van der Waals surface area contributed by atoms with Crippen LogP contribution in [0.25, 0.3) is 0 Å². The third-order valence-electron chi connectivity index (χ3n) is 5.03. The van der Waals surface area contributed by atoms with Gasteiger partial charge in [-0.3, -0.25) is 0 Å². The van der Waals surface area contributed by atoms with Gasteiger partial charge in [0, 0.05) is 29.0 Å². The Morgan fingerprint density at radius 1 is 1.07 bits per heavy atom. The molecule has 2 aliphatic heterocycles. The van der Waals surface area contributed by atoms with Crippen molar-refractivity contribution in [2.24, 2.45) is 5.73 Å². The zero-order valence-corrected chi connectivity index (χ0v) is 16.1. The predicted octanol–water partition coefficient (Wildman–Crippen LogP) is 5.21. The number of thioether (sulfide) groups is 1. The van der Waals surface area contributed by atoms with Crippen molar-refractivity contribution in [2.75, 3.05) is 11.5 Å². The molecule has 3 aromatic rings. The van der Waals surface area contributed by atoms with E-state index < -0.39 is 0 Å². The minimum absolute atomic E-state index is 0.0686. The first-order valence-electron chi connectivity index (χ1n) is 9.44. The number of pyridine rings is 1. The van der Waals surface area contributed by atoms with Crippen molar-refractivity contribution in [2.45, 2.75) is 29.3 Å². The van der Waals surface area contributed by atoms with Crippen LogP contribution >= 0.6 is 11.8 Å². The fourth-order valence-electron chi connectivity index (χ4n) is 3.70. The molecule has 0 radical (unpaired) electrons. The van der Waals surface area contributed by atoms with Gasteiger partial charge in [-0.1, -0.05) is 23.9 Å². The van der Waals surface area contributed by atoms with E-state index in [1.165, 1.54) is 4.90 Å². The Bertz CT molecular complexity index is 974. The topological polar surface area (TPSA) is 60.6 Å². The molecule has 2 aromatic carbocycles. The zero-order valence-electron chi connectivity index (χ0n) is 15.3. The Labute approximate surface area is 168 Å². The maximum Gasteiger partial charge on any atom is 0.225 e. The molecule has 6 heteroatoms. The molecule has 1 aromatic heterocycles. The summed E-state index contributed by atoms with van der Waals surface area (Å²) in [6.07, 6.45) is 3.90. The second-order valence-electron chi connectivity index (χ2n) is 6.84. The Balaban J connectivity index is 1.38. The molecular weight excluding hydrogens is 370 g/mol. The summed E-state index contributed by atoms with van der Waals surface area (Å²) in [5, 5.41) is 0. The first kappa shape index (κ1) is 17.6. The summed E-state index contributed by atoms with van der Waals surface area (Å²) >= 11 is 1.67. The second-order valence-corrected chi connectivity index (χ2v) is 8.00. The molecule has 5 rings (SSSR count). The van der Waals surface area contributed by atoms with Gasteiger partial charge in [-0.25, -0.2) is 4.98 Å². The van der Waals surface area contributed by atoms with Crippen LogP contribution in [0, 0.1) is 0 Å². The molecule has 2 atom stereocenters. The van der Waals surface area contributed by atoms with E-state index in [2.05, 4.69) is 22.0 Å². The van der Waals surface area contributed by atoms with E-state index >= 15 is 0 Å². The quantitative estimate of drug-likeness (QED) is 0.659. The fraction of sp³-hybridized carbons (Fsp3) is 0.227. The van der Waals surface area contributed by atoms with Crippen LogP contribution in [-0.2, 0) is 4.74 Å². The first-order chi connectivity index (χ1) is 13.8. The van der Waals surface area contributed by atoms with Crippen LogP contribution in [0.3, 0.4) is 0 Å². The van der Waals surface area contributed by atoms with Gasteiger partial charge in [0.05, 0.1) is 11.8 Å². The molecule has 2 aliphatic rings. The van der Waals surface area contributed by atoms with Crippen LogP contribution in [0.4, 0.5) is 11.4 Å². The molecular formula is C22H21N3O2S. The van der Waals surface area contributed by atoms with Gasteiger partial charge in [0.2, 0.25) is 5.88 Å². The lowest BCUT2D eigenvalue weighted by Crippen LogP contribution is -2.31. The molecule has 0 aliphatic carbocycles. The summed E-state index contributed by atoms with van der Waals surface area (Å²) in [6.45, 7) is 0.795. The highest BCUT2D eigenvalue weighted by Crippen LogP contribution is 2.45. The van der Waals surface area contributed by atoms with Gasteiger partial charge >= 0.3 is 0 Å². The van der Waals surface area contributed by atoms with Crippen LogP contribution in [0.5, 0.6) is 11.6 Å². The maximum atomic E-state index is 6.35. The van der Waals surface area contributed by atoms with E-state index in [9.17, 15) is 0 Å². The predicted molar refractivity (Wildman–Crippen MR) is 111 cm³/mol. The van der Waals surface area contributed by atoms with Crippen LogP contribution in [0.2, 0.25) is 0 Å². The number of rotatable bonds is 4. The van der Waals surface area contributed by atoms with E-state index in [-0.39, 0.29) is 11.6 Å². The van der Waals surface area contributed by atoms with Crippen molar-refractivity contribution in [3.63, 3.8) is 0 Å². The number of benzene rings is 2. The average Bonchev–Trinajstić information content (AvgIpc) is 3.36. The summed E-state index contributed by atoms with van der Waals surface area (Å²) in [7, 11) is 0. The van der Waals surface area contributed by atoms with E-state index in [4.69, 9.17) is 15.2 Å². The van der Waals surface area contributed by atoms with E-state index in [1.54, 1.807) is 18.0 Å². The largest absolute Gasteiger partial charge is 0.439 e. The SMILES string of the molecule is NC1Sc2ccccc2N1c1ccc(Oc2ncccc2C2CCCO2)cc1. The number of hydrogen-bond acceptors (Lipinski definition) is 6. The Kier molecular flexibility index (Phi) is 4.68. The van der Waals surface area contributed by atoms with Gasteiger partial charge in [-0.05, 0) is 61.4 Å². The van der Waals surface area contributed by atoms with Crippen LogP contribution < -0.4 is 15.4 Å². The van der Waals surface area contributed by atoms with Gasteiger partial charge in [0.25, 0.3) is 0 Å². The minimum Gasteiger partial charge on any atom is -0.439 e. The van der Waals surface area contributed by atoms with Crippen molar-refractivity contribution in [1.29, 1.82) is 0 Å². The summed E-state index contributed by atoms with van der Waals surface area (Å²) in [5.41, 5.74) is 9.40. The average molecular weight is 391 g/mol. The number of aromatic nitrogens is 1. The lowest BCUT2D eigenvalue weighted by atomic mass is 10.1. The van der Waals surface area contributed by atoms with Crippen LogP contribution in [0.15, 0.2) is 71.8 Å². The monoisotopic (exact) mass is 391 g/mol. The van der Waals surface area contributed by atoms with Crippen molar-refractivity contribution >= 4 is 23.1 Å².